The van der Waals surface area contributed by atoms with Crippen molar-refractivity contribution in [3.05, 3.63) is 11.3 Å². The SMILES string of the molecule is CNc1nc2c(c(NCCCC(C)C)n1)CNCC2. The summed E-state index contributed by atoms with van der Waals surface area (Å²) in [7, 11) is 1.87. The minimum absolute atomic E-state index is 0.715. The Morgan fingerprint density at radius 1 is 1.32 bits per heavy atom. The predicted molar refractivity (Wildman–Crippen MR) is 79.6 cm³/mol. The standard InChI is InChI=1S/C14H25N5/c1-10(2)5-4-7-17-13-11-9-16-8-6-12(11)18-14(15-3)19-13/h10,16H,4-9H2,1-3H3,(H2,15,17,18,19). The Balaban J connectivity index is 2.05. The van der Waals surface area contributed by atoms with Gasteiger partial charge in [-0.3, -0.25) is 0 Å². The molecule has 2 heterocycles. The highest BCUT2D eigenvalue weighted by Crippen LogP contribution is 2.21. The van der Waals surface area contributed by atoms with Gasteiger partial charge in [-0.05, 0) is 18.8 Å². The number of nitrogens with one attached hydrogen (secondary N) is 3. The Kier molecular flexibility index (Phi) is 4.96. The third kappa shape index (κ3) is 3.80. The molecule has 106 valence electrons. The van der Waals surface area contributed by atoms with Gasteiger partial charge in [0.1, 0.15) is 5.82 Å². The first-order valence-corrected chi connectivity index (χ1v) is 7.23. The monoisotopic (exact) mass is 263 g/mol. The molecule has 0 spiro atoms. The normalized spacial score (nSPS) is 14.3. The average Bonchev–Trinajstić information content (AvgIpc) is 2.42. The van der Waals surface area contributed by atoms with Crippen molar-refractivity contribution in [2.45, 2.75) is 39.7 Å². The van der Waals surface area contributed by atoms with Gasteiger partial charge in [0.2, 0.25) is 5.95 Å². The Bertz CT molecular complexity index is 417. The summed E-state index contributed by atoms with van der Waals surface area (Å²) in [6.45, 7) is 7.36. The van der Waals surface area contributed by atoms with Gasteiger partial charge in [-0.1, -0.05) is 13.8 Å². The molecule has 0 aliphatic carbocycles. The van der Waals surface area contributed by atoms with E-state index in [0.717, 1.165) is 37.8 Å². The maximum Gasteiger partial charge on any atom is 0.224 e. The van der Waals surface area contributed by atoms with Crippen LogP contribution < -0.4 is 16.0 Å². The van der Waals surface area contributed by atoms with E-state index < -0.39 is 0 Å². The fourth-order valence-corrected chi connectivity index (χ4v) is 2.32. The van der Waals surface area contributed by atoms with Crippen LogP contribution in [0.1, 0.15) is 37.9 Å². The second kappa shape index (κ2) is 6.70. The lowest BCUT2D eigenvalue weighted by Crippen LogP contribution is -2.27. The first-order valence-electron chi connectivity index (χ1n) is 7.23. The topological polar surface area (TPSA) is 61.9 Å². The van der Waals surface area contributed by atoms with E-state index in [2.05, 4.69) is 39.8 Å². The van der Waals surface area contributed by atoms with Crippen molar-refractivity contribution in [2.75, 3.05) is 30.8 Å². The summed E-state index contributed by atoms with van der Waals surface area (Å²) < 4.78 is 0. The average molecular weight is 263 g/mol. The van der Waals surface area contributed by atoms with Gasteiger partial charge < -0.3 is 16.0 Å². The van der Waals surface area contributed by atoms with E-state index in [1.54, 1.807) is 0 Å². The molecule has 2 rings (SSSR count). The molecule has 0 atom stereocenters. The van der Waals surface area contributed by atoms with Crippen LogP contribution in [-0.2, 0) is 13.0 Å². The van der Waals surface area contributed by atoms with Gasteiger partial charge in [-0.2, -0.15) is 4.98 Å². The first kappa shape index (κ1) is 14.1. The molecule has 1 aromatic heterocycles. The van der Waals surface area contributed by atoms with E-state index in [-0.39, 0.29) is 0 Å². The lowest BCUT2D eigenvalue weighted by molar-refractivity contribution is 0.566. The van der Waals surface area contributed by atoms with Crippen LogP contribution in [0, 0.1) is 5.92 Å². The molecule has 1 aliphatic rings. The maximum atomic E-state index is 4.55. The number of hydrogen-bond acceptors (Lipinski definition) is 5. The fourth-order valence-electron chi connectivity index (χ4n) is 2.32. The molecule has 0 aromatic carbocycles. The lowest BCUT2D eigenvalue weighted by atomic mass is 10.1. The molecular formula is C14H25N5. The molecule has 5 nitrogen and oxygen atoms in total. The number of rotatable bonds is 6. The summed E-state index contributed by atoms with van der Waals surface area (Å²) >= 11 is 0. The zero-order chi connectivity index (χ0) is 13.7. The minimum atomic E-state index is 0.715. The third-order valence-electron chi connectivity index (χ3n) is 3.41. The summed E-state index contributed by atoms with van der Waals surface area (Å²) in [5, 5.41) is 9.90. The quantitative estimate of drug-likeness (QED) is 0.685. The summed E-state index contributed by atoms with van der Waals surface area (Å²) in [6.07, 6.45) is 3.41. The highest BCUT2D eigenvalue weighted by atomic mass is 15.1. The molecule has 0 unspecified atom stereocenters. The highest BCUT2D eigenvalue weighted by molar-refractivity contribution is 5.51. The number of nitrogens with zero attached hydrogens (tertiary/aromatic N) is 2. The second-order valence-electron chi connectivity index (χ2n) is 5.46. The van der Waals surface area contributed by atoms with Crippen LogP contribution in [-0.4, -0.2) is 30.1 Å². The molecular weight excluding hydrogens is 238 g/mol. The molecule has 0 saturated carbocycles. The molecule has 19 heavy (non-hydrogen) atoms. The largest absolute Gasteiger partial charge is 0.370 e. The smallest absolute Gasteiger partial charge is 0.224 e. The molecule has 0 bridgehead atoms. The van der Waals surface area contributed by atoms with E-state index >= 15 is 0 Å². The van der Waals surface area contributed by atoms with Crippen molar-refractivity contribution in [1.82, 2.24) is 15.3 Å². The van der Waals surface area contributed by atoms with Gasteiger partial charge in [-0.15, -0.1) is 0 Å². The predicted octanol–water partition coefficient (Wildman–Crippen LogP) is 2.01. The molecule has 3 N–H and O–H groups in total. The Morgan fingerprint density at radius 3 is 2.89 bits per heavy atom. The van der Waals surface area contributed by atoms with Crippen molar-refractivity contribution in [1.29, 1.82) is 0 Å². The van der Waals surface area contributed by atoms with E-state index in [9.17, 15) is 0 Å². The van der Waals surface area contributed by atoms with Gasteiger partial charge in [0.25, 0.3) is 0 Å². The van der Waals surface area contributed by atoms with Crippen LogP contribution in [0.5, 0.6) is 0 Å². The molecule has 1 aromatic rings. The number of fused-ring (bicyclic) bond motifs is 1. The van der Waals surface area contributed by atoms with E-state index in [1.807, 2.05) is 7.05 Å². The maximum absolute atomic E-state index is 4.55. The zero-order valence-corrected chi connectivity index (χ0v) is 12.2. The summed E-state index contributed by atoms with van der Waals surface area (Å²) in [6, 6.07) is 0. The Hall–Kier alpha value is -1.36. The molecule has 0 saturated heterocycles. The highest BCUT2D eigenvalue weighted by Gasteiger charge is 2.16. The van der Waals surface area contributed by atoms with Crippen molar-refractivity contribution in [3.8, 4) is 0 Å². The zero-order valence-electron chi connectivity index (χ0n) is 12.2. The van der Waals surface area contributed by atoms with Crippen molar-refractivity contribution >= 4 is 11.8 Å². The summed E-state index contributed by atoms with van der Waals surface area (Å²) in [5.41, 5.74) is 2.40. The first-order chi connectivity index (χ1) is 9.20. The third-order valence-corrected chi connectivity index (χ3v) is 3.41. The van der Waals surface area contributed by atoms with E-state index in [4.69, 9.17) is 0 Å². The van der Waals surface area contributed by atoms with Crippen LogP contribution in [0.15, 0.2) is 0 Å². The van der Waals surface area contributed by atoms with Crippen LogP contribution >= 0.6 is 0 Å². The van der Waals surface area contributed by atoms with Crippen LogP contribution in [0.4, 0.5) is 11.8 Å². The van der Waals surface area contributed by atoms with E-state index in [1.165, 1.54) is 24.1 Å². The number of hydrogen-bond donors (Lipinski definition) is 3. The number of aromatic nitrogens is 2. The molecule has 5 heteroatoms. The minimum Gasteiger partial charge on any atom is -0.370 e. The molecule has 0 fully saturated rings. The second-order valence-corrected chi connectivity index (χ2v) is 5.46. The van der Waals surface area contributed by atoms with Gasteiger partial charge in [0.05, 0.1) is 5.69 Å². The molecule has 0 radical (unpaired) electrons. The molecule has 0 amide bonds. The fraction of sp³-hybridized carbons (Fsp3) is 0.714. The van der Waals surface area contributed by atoms with Gasteiger partial charge in [0, 0.05) is 38.7 Å². The van der Waals surface area contributed by atoms with Crippen LogP contribution in [0.25, 0.3) is 0 Å². The van der Waals surface area contributed by atoms with Gasteiger partial charge in [-0.25, -0.2) is 4.98 Å². The van der Waals surface area contributed by atoms with Crippen molar-refractivity contribution < 1.29 is 0 Å². The van der Waals surface area contributed by atoms with E-state index in [0.29, 0.717) is 5.95 Å². The molecule has 1 aliphatic heterocycles. The van der Waals surface area contributed by atoms with Gasteiger partial charge >= 0.3 is 0 Å². The van der Waals surface area contributed by atoms with Gasteiger partial charge in [0.15, 0.2) is 0 Å². The van der Waals surface area contributed by atoms with Crippen molar-refractivity contribution in [3.63, 3.8) is 0 Å². The summed E-state index contributed by atoms with van der Waals surface area (Å²) in [5.74, 6) is 2.47. The lowest BCUT2D eigenvalue weighted by Gasteiger charge is -2.20. The van der Waals surface area contributed by atoms with Crippen LogP contribution in [0.3, 0.4) is 0 Å². The Morgan fingerprint density at radius 2 is 2.16 bits per heavy atom. The number of anilines is 2. The van der Waals surface area contributed by atoms with Crippen molar-refractivity contribution in [2.24, 2.45) is 5.92 Å². The van der Waals surface area contributed by atoms with Crippen LogP contribution in [0.2, 0.25) is 0 Å². The Labute approximate surface area is 115 Å². The summed E-state index contributed by atoms with van der Waals surface area (Å²) in [4.78, 5) is 9.09.